The van der Waals surface area contributed by atoms with Crippen molar-refractivity contribution in [3.63, 3.8) is 0 Å². The van der Waals surface area contributed by atoms with Crippen molar-refractivity contribution in [3.05, 3.63) is 35.4 Å². The maximum Gasteiger partial charge on any atom is 0.225 e. The van der Waals surface area contributed by atoms with Crippen LogP contribution in [-0.2, 0) is 22.6 Å². The van der Waals surface area contributed by atoms with Gasteiger partial charge in [0.05, 0.1) is 19.1 Å². The molecule has 0 bridgehead atoms. The Morgan fingerprint density at radius 1 is 1.29 bits per heavy atom. The van der Waals surface area contributed by atoms with Crippen molar-refractivity contribution in [3.8, 4) is 0 Å². The minimum Gasteiger partial charge on any atom is -0.379 e. The SMILES string of the molecule is O=C(NCc1cccc(CN2CCOCC2)c1)C1CNC1. The summed E-state index contributed by atoms with van der Waals surface area (Å²) in [4.78, 5) is 14.2. The number of benzene rings is 1. The molecule has 114 valence electrons. The summed E-state index contributed by atoms with van der Waals surface area (Å²) in [5.41, 5.74) is 2.47. The van der Waals surface area contributed by atoms with Crippen LogP contribution in [0.15, 0.2) is 24.3 Å². The number of hydrogen-bond acceptors (Lipinski definition) is 4. The van der Waals surface area contributed by atoms with Gasteiger partial charge in [-0.2, -0.15) is 0 Å². The summed E-state index contributed by atoms with van der Waals surface area (Å²) >= 11 is 0. The molecule has 3 rings (SSSR count). The highest BCUT2D eigenvalue weighted by atomic mass is 16.5. The number of morpholine rings is 1. The van der Waals surface area contributed by atoms with Crippen molar-refractivity contribution in [1.82, 2.24) is 15.5 Å². The minimum atomic E-state index is 0.154. The van der Waals surface area contributed by atoms with Gasteiger partial charge in [0.25, 0.3) is 0 Å². The second-order valence-electron chi connectivity index (χ2n) is 5.78. The molecule has 21 heavy (non-hydrogen) atoms. The third kappa shape index (κ3) is 4.03. The molecule has 1 amide bonds. The Labute approximate surface area is 125 Å². The normalized spacial score (nSPS) is 20.0. The zero-order chi connectivity index (χ0) is 14.5. The van der Waals surface area contributed by atoms with Crippen LogP contribution in [-0.4, -0.2) is 50.2 Å². The van der Waals surface area contributed by atoms with Crippen LogP contribution in [0.5, 0.6) is 0 Å². The van der Waals surface area contributed by atoms with E-state index < -0.39 is 0 Å². The van der Waals surface area contributed by atoms with E-state index in [2.05, 4.69) is 39.8 Å². The van der Waals surface area contributed by atoms with Crippen LogP contribution < -0.4 is 10.6 Å². The Bertz CT molecular complexity index is 482. The molecule has 5 heteroatoms. The fraction of sp³-hybridized carbons (Fsp3) is 0.562. The number of rotatable bonds is 5. The van der Waals surface area contributed by atoms with Crippen molar-refractivity contribution >= 4 is 5.91 Å². The Morgan fingerprint density at radius 3 is 2.76 bits per heavy atom. The number of hydrogen-bond donors (Lipinski definition) is 2. The Balaban J connectivity index is 1.51. The van der Waals surface area contributed by atoms with Gasteiger partial charge in [0.2, 0.25) is 5.91 Å². The first-order valence-corrected chi connectivity index (χ1v) is 7.67. The molecule has 0 atom stereocenters. The lowest BCUT2D eigenvalue weighted by Gasteiger charge is -2.27. The highest BCUT2D eigenvalue weighted by molar-refractivity contribution is 5.79. The lowest BCUT2D eigenvalue weighted by atomic mass is 10.0. The molecule has 1 aromatic carbocycles. The summed E-state index contributed by atoms with van der Waals surface area (Å²) < 4.78 is 5.37. The summed E-state index contributed by atoms with van der Waals surface area (Å²) in [6.45, 7) is 6.83. The van der Waals surface area contributed by atoms with Gasteiger partial charge in [-0.05, 0) is 11.1 Å². The lowest BCUT2D eigenvalue weighted by molar-refractivity contribution is -0.126. The van der Waals surface area contributed by atoms with Gasteiger partial charge in [0.1, 0.15) is 0 Å². The molecule has 2 heterocycles. The zero-order valence-corrected chi connectivity index (χ0v) is 12.3. The molecule has 5 nitrogen and oxygen atoms in total. The zero-order valence-electron chi connectivity index (χ0n) is 12.3. The van der Waals surface area contributed by atoms with Gasteiger partial charge in [-0.25, -0.2) is 0 Å². The van der Waals surface area contributed by atoms with E-state index in [9.17, 15) is 4.79 Å². The van der Waals surface area contributed by atoms with Crippen LogP contribution in [0.4, 0.5) is 0 Å². The standard InChI is InChI=1S/C16H23N3O2/c20-16(15-10-17-11-15)18-9-13-2-1-3-14(8-13)12-19-4-6-21-7-5-19/h1-3,8,15,17H,4-7,9-12H2,(H,18,20). The molecule has 0 spiro atoms. The largest absolute Gasteiger partial charge is 0.379 e. The van der Waals surface area contributed by atoms with E-state index in [0.29, 0.717) is 6.54 Å². The van der Waals surface area contributed by atoms with Gasteiger partial charge >= 0.3 is 0 Å². The van der Waals surface area contributed by atoms with Crippen LogP contribution in [0.2, 0.25) is 0 Å². The van der Waals surface area contributed by atoms with Gasteiger partial charge < -0.3 is 15.4 Å². The number of carbonyl (C=O) groups is 1. The second kappa shape index (κ2) is 7.02. The Hall–Kier alpha value is -1.43. The van der Waals surface area contributed by atoms with Gasteiger partial charge in [-0.3, -0.25) is 9.69 Å². The van der Waals surface area contributed by atoms with E-state index in [0.717, 1.165) is 45.9 Å². The van der Waals surface area contributed by atoms with Gasteiger partial charge in [-0.1, -0.05) is 24.3 Å². The molecule has 1 aromatic rings. The van der Waals surface area contributed by atoms with Crippen molar-refractivity contribution in [2.75, 3.05) is 39.4 Å². The molecule has 2 N–H and O–H groups in total. The predicted molar refractivity (Wildman–Crippen MR) is 80.7 cm³/mol. The van der Waals surface area contributed by atoms with Crippen LogP contribution in [0, 0.1) is 5.92 Å². The molecule has 2 aliphatic heterocycles. The first-order valence-electron chi connectivity index (χ1n) is 7.67. The molecular weight excluding hydrogens is 266 g/mol. The average Bonchev–Trinajstić information content (AvgIpc) is 2.45. The highest BCUT2D eigenvalue weighted by Gasteiger charge is 2.24. The molecule has 0 unspecified atom stereocenters. The van der Waals surface area contributed by atoms with Gasteiger partial charge in [-0.15, -0.1) is 0 Å². The van der Waals surface area contributed by atoms with Crippen molar-refractivity contribution < 1.29 is 9.53 Å². The average molecular weight is 289 g/mol. The van der Waals surface area contributed by atoms with E-state index >= 15 is 0 Å². The minimum absolute atomic E-state index is 0.154. The maximum absolute atomic E-state index is 11.8. The predicted octanol–water partition coefficient (Wildman–Crippen LogP) is 0.354. The van der Waals surface area contributed by atoms with E-state index in [1.807, 2.05) is 0 Å². The highest BCUT2D eigenvalue weighted by Crippen LogP contribution is 2.10. The number of nitrogens with one attached hydrogen (secondary N) is 2. The quantitative estimate of drug-likeness (QED) is 0.821. The van der Waals surface area contributed by atoms with Crippen LogP contribution in [0.3, 0.4) is 0 Å². The molecule has 2 saturated heterocycles. The van der Waals surface area contributed by atoms with E-state index in [-0.39, 0.29) is 11.8 Å². The third-order valence-electron chi connectivity index (χ3n) is 4.12. The molecule has 0 aliphatic carbocycles. The molecule has 2 fully saturated rings. The smallest absolute Gasteiger partial charge is 0.225 e. The molecule has 2 aliphatic rings. The number of amides is 1. The molecule has 0 saturated carbocycles. The van der Waals surface area contributed by atoms with Gasteiger partial charge in [0.15, 0.2) is 0 Å². The summed E-state index contributed by atoms with van der Waals surface area (Å²) in [5, 5.41) is 6.14. The summed E-state index contributed by atoms with van der Waals surface area (Å²) in [5.74, 6) is 0.314. The van der Waals surface area contributed by atoms with Crippen LogP contribution >= 0.6 is 0 Å². The Kier molecular flexibility index (Phi) is 4.85. The van der Waals surface area contributed by atoms with Gasteiger partial charge in [0, 0.05) is 39.3 Å². The summed E-state index contributed by atoms with van der Waals surface area (Å²) in [6, 6.07) is 8.48. The third-order valence-corrected chi connectivity index (χ3v) is 4.12. The number of nitrogens with zero attached hydrogens (tertiary/aromatic N) is 1. The fourth-order valence-corrected chi connectivity index (χ4v) is 2.66. The number of carbonyl (C=O) groups excluding carboxylic acids is 1. The molecule has 0 radical (unpaired) electrons. The van der Waals surface area contributed by atoms with Crippen LogP contribution in [0.1, 0.15) is 11.1 Å². The van der Waals surface area contributed by atoms with Crippen LogP contribution in [0.25, 0.3) is 0 Å². The van der Waals surface area contributed by atoms with E-state index in [1.165, 1.54) is 11.1 Å². The maximum atomic E-state index is 11.8. The first kappa shape index (κ1) is 14.5. The fourth-order valence-electron chi connectivity index (χ4n) is 2.66. The van der Waals surface area contributed by atoms with Crippen molar-refractivity contribution in [2.24, 2.45) is 5.92 Å². The summed E-state index contributed by atoms with van der Waals surface area (Å²) in [7, 11) is 0. The monoisotopic (exact) mass is 289 g/mol. The number of ether oxygens (including phenoxy) is 1. The van der Waals surface area contributed by atoms with Crippen molar-refractivity contribution in [2.45, 2.75) is 13.1 Å². The van der Waals surface area contributed by atoms with Crippen molar-refractivity contribution in [1.29, 1.82) is 0 Å². The lowest BCUT2D eigenvalue weighted by Crippen LogP contribution is -2.50. The first-order chi connectivity index (χ1) is 10.3. The Morgan fingerprint density at radius 2 is 2.05 bits per heavy atom. The molecular formula is C16H23N3O2. The molecule has 0 aromatic heterocycles. The second-order valence-corrected chi connectivity index (χ2v) is 5.78. The topological polar surface area (TPSA) is 53.6 Å². The van der Waals surface area contributed by atoms with E-state index in [1.54, 1.807) is 0 Å². The summed E-state index contributed by atoms with van der Waals surface area (Å²) in [6.07, 6.45) is 0. The van der Waals surface area contributed by atoms with E-state index in [4.69, 9.17) is 4.74 Å².